The van der Waals surface area contributed by atoms with E-state index < -0.39 is 0 Å². The number of benzene rings is 1. The summed E-state index contributed by atoms with van der Waals surface area (Å²) < 4.78 is 0. The fraction of sp³-hybridized carbons (Fsp3) is 0.250. The molecule has 122 valence electrons. The third-order valence-electron chi connectivity index (χ3n) is 3.12. The van der Waals surface area contributed by atoms with Gasteiger partial charge in [0.2, 0.25) is 5.91 Å². The molecule has 2 rings (SSSR count). The topological polar surface area (TPSA) is 53.4 Å². The lowest BCUT2D eigenvalue weighted by Gasteiger charge is -2.17. The molecule has 0 aliphatic carbocycles. The first-order valence-electron chi connectivity index (χ1n) is 6.84. The number of aryl methyl sites for hydroxylation is 1. The van der Waals surface area contributed by atoms with Crippen molar-refractivity contribution in [3.63, 3.8) is 0 Å². The number of amides is 1. The minimum Gasteiger partial charge on any atom is -0.505 e. The van der Waals surface area contributed by atoms with Crippen LogP contribution in [0.2, 0.25) is 10.0 Å². The van der Waals surface area contributed by atoms with Crippen LogP contribution in [0.5, 0.6) is 5.75 Å². The lowest BCUT2D eigenvalue weighted by molar-refractivity contribution is -0.127. The quantitative estimate of drug-likeness (QED) is 0.803. The number of hydrogen-bond acceptors (Lipinski definition) is 4. The van der Waals surface area contributed by atoms with Gasteiger partial charge in [-0.2, -0.15) is 0 Å². The van der Waals surface area contributed by atoms with Gasteiger partial charge in [-0.3, -0.25) is 9.78 Å². The summed E-state index contributed by atoms with van der Waals surface area (Å²) in [7, 11) is 1.74. The summed E-state index contributed by atoms with van der Waals surface area (Å²) in [6.07, 6.45) is 0. The van der Waals surface area contributed by atoms with Crippen LogP contribution in [-0.4, -0.2) is 33.7 Å². The molecule has 1 heterocycles. The lowest BCUT2D eigenvalue weighted by Crippen LogP contribution is -2.28. The van der Waals surface area contributed by atoms with Crippen molar-refractivity contribution in [2.75, 3.05) is 12.8 Å². The molecule has 0 saturated carbocycles. The normalized spacial score (nSPS) is 10.6. The van der Waals surface area contributed by atoms with Gasteiger partial charge in [0.1, 0.15) is 0 Å². The van der Waals surface area contributed by atoms with E-state index in [0.29, 0.717) is 6.54 Å². The van der Waals surface area contributed by atoms with Gasteiger partial charge >= 0.3 is 0 Å². The number of halogens is 2. The first-order chi connectivity index (χ1) is 10.9. The highest BCUT2D eigenvalue weighted by atomic mass is 35.5. The van der Waals surface area contributed by atoms with Crippen molar-refractivity contribution >= 4 is 40.9 Å². The summed E-state index contributed by atoms with van der Waals surface area (Å²) in [5.74, 6) is 0.0741. The Morgan fingerprint density at radius 1 is 1.30 bits per heavy atom. The van der Waals surface area contributed by atoms with Crippen molar-refractivity contribution in [3.05, 3.63) is 51.8 Å². The minimum absolute atomic E-state index is 0.0290. The van der Waals surface area contributed by atoms with Crippen LogP contribution in [0.1, 0.15) is 11.4 Å². The zero-order valence-corrected chi connectivity index (χ0v) is 15.0. The molecule has 0 bridgehead atoms. The first-order valence-corrected chi connectivity index (χ1v) is 8.58. The second-order valence-corrected chi connectivity index (χ2v) is 6.91. The summed E-state index contributed by atoms with van der Waals surface area (Å²) in [4.78, 5) is 18.9. The predicted molar refractivity (Wildman–Crippen MR) is 94.3 cm³/mol. The van der Waals surface area contributed by atoms with E-state index in [9.17, 15) is 9.90 Å². The van der Waals surface area contributed by atoms with Crippen LogP contribution < -0.4 is 0 Å². The molecule has 4 nitrogen and oxygen atoms in total. The number of phenolic OH excluding ortho intramolecular Hbond substituents is 1. The molecule has 0 radical (unpaired) electrons. The van der Waals surface area contributed by atoms with Gasteiger partial charge in [-0.25, -0.2) is 0 Å². The largest absolute Gasteiger partial charge is 0.505 e. The van der Waals surface area contributed by atoms with Crippen molar-refractivity contribution in [2.45, 2.75) is 18.4 Å². The van der Waals surface area contributed by atoms with Gasteiger partial charge in [0.05, 0.1) is 28.0 Å². The Bertz CT molecular complexity index is 702. The molecular formula is C16H16Cl2N2O2S. The van der Waals surface area contributed by atoms with Gasteiger partial charge in [0.25, 0.3) is 0 Å². The zero-order valence-electron chi connectivity index (χ0n) is 12.7. The Labute approximate surface area is 149 Å². The SMILES string of the molecule is Cc1cccc(CN(C)C(=O)CSc2cc(Cl)c(O)c(Cl)c2)n1. The van der Waals surface area contributed by atoms with Gasteiger partial charge in [-0.1, -0.05) is 29.3 Å². The smallest absolute Gasteiger partial charge is 0.233 e. The van der Waals surface area contributed by atoms with Crippen molar-refractivity contribution in [2.24, 2.45) is 0 Å². The highest BCUT2D eigenvalue weighted by Crippen LogP contribution is 2.36. The average molecular weight is 371 g/mol. The van der Waals surface area contributed by atoms with Gasteiger partial charge in [0, 0.05) is 17.6 Å². The minimum atomic E-state index is -0.147. The summed E-state index contributed by atoms with van der Waals surface area (Å²) in [5.41, 5.74) is 1.77. The lowest BCUT2D eigenvalue weighted by atomic mass is 10.3. The third-order valence-corrected chi connectivity index (χ3v) is 4.66. The first kappa shape index (κ1) is 17.9. The fourth-order valence-corrected chi connectivity index (χ4v) is 3.43. The number of hydrogen-bond donors (Lipinski definition) is 1. The van der Waals surface area contributed by atoms with E-state index in [2.05, 4.69) is 4.98 Å². The molecule has 23 heavy (non-hydrogen) atoms. The summed E-state index contributed by atoms with van der Waals surface area (Å²) in [6, 6.07) is 8.90. The Balaban J connectivity index is 1.94. The van der Waals surface area contributed by atoms with E-state index in [-0.39, 0.29) is 27.5 Å². The summed E-state index contributed by atoms with van der Waals surface area (Å²) in [6.45, 7) is 2.37. The molecule has 0 spiro atoms. The van der Waals surface area contributed by atoms with Gasteiger partial charge in [0.15, 0.2) is 5.75 Å². The van der Waals surface area contributed by atoms with Gasteiger partial charge in [-0.05, 0) is 31.2 Å². The average Bonchev–Trinajstić information content (AvgIpc) is 2.50. The van der Waals surface area contributed by atoms with Gasteiger partial charge in [-0.15, -0.1) is 11.8 Å². The van der Waals surface area contributed by atoms with Gasteiger partial charge < -0.3 is 10.0 Å². The third kappa shape index (κ3) is 5.03. The summed E-state index contributed by atoms with van der Waals surface area (Å²) in [5, 5.41) is 9.87. The van der Waals surface area contributed by atoms with E-state index in [0.717, 1.165) is 16.3 Å². The van der Waals surface area contributed by atoms with E-state index in [1.54, 1.807) is 24.1 Å². The number of rotatable bonds is 5. The molecule has 0 fully saturated rings. The highest BCUT2D eigenvalue weighted by molar-refractivity contribution is 8.00. The molecule has 1 N–H and O–H groups in total. The molecule has 1 amide bonds. The van der Waals surface area contributed by atoms with E-state index >= 15 is 0 Å². The number of pyridine rings is 1. The maximum Gasteiger partial charge on any atom is 0.233 e. The number of aromatic hydroxyl groups is 1. The van der Waals surface area contributed by atoms with Crippen LogP contribution in [0, 0.1) is 6.92 Å². The van der Waals surface area contributed by atoms with Crippen LogP contribution in [-0.2, 0) is 11.3 Å². The number of aromatic nitrogens is 1. The Hall–Kier alpha value is -1.43. The zero-order chi connectivity index (χ0) is 17.0. The molecule has 0 saturated heterocycles. The molecule has 0 unspecified atom stereocenters. The molecule has 1 aromatic heterocycles. The Morgan fingerprint density at radius 2 is 1.96 bits per heavy atom. The predicted octanol–water partition coefficient (Wildman–Crippen LogP) is 4.15. The van der Waals surface area contributed by atoms with Crippen LogP contribution >= 0.6 is 35.0 Å². The van der Waals surface area contributed by atoms with Crippen LogP contribution in [0.3, 0.4) is 0 Å². The van der Waals surface area contributed by atoms with Crippen molar-refractivity contribution in [1.82, 2.24) is 9.88 Å². The molecule has 1 aromatic carbocycles. The highest BCUT2D eigenvalue weighted by Gasteiger charge is 2.12. The maximum absolute atomic E-state index is 12.2. The van der Waals surface area contributed by atoms with E-state index in [4.69, 9.17) is 23.2 Å². The summed E-state index contributed by atoms with van der Waals surface area (Å²) >= 11 is 13.1. The number of thioether (sulfide) groups is 1. The molecule has 0 aliphatic rings. The van der Waals surface area contributed by atoms with Crippen LogP contribution in [0.15, 0.2) is 35.2 Å². The molecule has 0 atom stereocenters. The van der Waals surface area contributed by atoms with Crippen molar-refractivity contribution < 1.29 is 9.90 Å². The van der Waals surface area contributed by atoms with E-state index in [1.165, 1.54) is 11.8 Å². The number of carbonyl (C=O) groups is 1. The maximum atomic E-state index is 12.2. The second-order valence-electron chi connectivity index (χ2n) is 5.04. The second kappa shape index (κ2) is 7.90. The number of carbonyl (C=O) groups excluding carboxylic acids is 1. The molecule has 2 aromatic rings. The Morgan fingerprint density at radius 3 is 2.57 bits per heavy atom. The van der Waals surface area contributed by atoms with E-state index in [1.807, 2.05) is 25.1 Å². The molecule has 7 heteroatoms. The standard InChI is InChI=1S/C16H16Cl2N2O2S/c1-10-4-3-5-11(19-10)8-20(2)15(21)9-23-12-6-13(17)16(22)14(18)7-12/h3-7,22H,8-9H2,1-2H3. The number of phenols is 1. The Kier molecular flexibility index (Phi) is 6.16. The van der Waals surface area contributed by atoms with Crippen molar-refractivity contribution in [1.29, 1.82) is 0 Å². The van der Waals surface area contributed by atoms with Crippen LogP contribution in [0.4, 0.5) is 0 Å². The molecular weight excluding hydrogens is 355 g/mol. The number of nitrogens with zero attached hydrogens (tertiary/aromatic N) is 2. The monoisotopic (exact) mass is 370 g/mol. The molecule has 0 aliphatic heterocycles. The van der Waals surface area contributed by atoms with Crippen LogP contribution in [0.25, 0.3) is 0 Å². The fourth-order valence-electron chi connectivity index (χ4n) is 1.90. The van der Waals surface area contributed by atoms with Crippen molar-refractivity contribution in [3.8, 4) is 5.75 Å².